The predicted molar refractivity (Wildman–Crippen MR) is 79.5 cm³/mol. The second kappa shape index (κ2) is 7.88. The first kappa shape index (κ1) is 14.7. The molecule has 1 fully saturated rings. The van der Waals surface area contributed by atoms with Gasteiger partial charge in [0.05, 0.1) is 0 Å². The highest BCUT2D eigenvalue weighted by Gasteiger charge is 2.05. The Bertz CT molecular complexity index is 301. The van der Waals surface area contributed by atoms with Crippen LogP contribution in [0.4, 0.5) is 0 Å². The summed E-state index contributed by atoms with van der Waals surface area (Å²) in [6, 6.07) is 9.35. The van der Waals surface area contributed by atoms with Crippen molar-refractivity contribution in [3.8, 4) is 0 Å². The molecule has 2 atom stereocenters. The fourth-order valence-corrected chi connectivity index (χ4v) is 2.15. The molecule has 1 N–H and O–H groups in total. The number of nitrogens with one attached hydrogen (secondary N) is 1. The molecule has 0 bridgehead atoms. The summed E-state index contributed by atoms with van der Waals surface area (Å²) in [4.78, 5) is 0. The van der Waals surface area contributed by atoms with Crippen molar-refractivity contribution in [3.63, 3.8) is 0 Å². The van der Waals surface area contributed by atoms with Gasteiger partial charge in [0.15, 0.2) is 0 Å². The molecule has 0 amide bonds. The van der Waals surface area contributed by atoms with E-state index in [0.29, 0.717) is 5.92 Å². The maximum absolute atomic E-state index is 3.42. The monoisotopic (exact) mass is 297 g/mol. The summed E-state index contributed by atoms with van der Waals surface area (Å²) >= 11 is 3.42. The molecule has 17 heavy (non-hydrogen) atoms. The average Bonchev–Trinajstić information content (AvgIpc) is 2.81. The van der Waals surface area contributed by atoms with E-state index >= 15 is 0 Å². The Labute approximate surface area is 114 Å². The third kappa shape index (κ3) is 5.69. The van der Waals surface area contributed by atoms with Gasteiger partial charge in [-0.25, -0.2) is 0 Å². The van der Waals surface area contributed by atoms with E-state index < -0.39 is 0 Å². The van der Waals surface area contributed by atoms with Gasteiger partial charge in [0.1, 0.15) is 0 Å². The van der Waals surface area contributed by atoms with Crippen molar-refractivity contribution in [2.24, 2.45) is 0 Å². The van der Waals surface area contributed by atoms with Crippen molar-refractivity contribution in [3.05, 3.63) is 34.3 Å². The maximum atomic E-state index is 3.42. The number of hydrogen-bond acceptors (Lipinski definition) is 1. The lowest BCUT2D eigenvalue weighted by atomic mass is 9.99. The van der Waals surface area contributed by atoms with Crippen molar-refractivity contribution >= 4 is 15.9 Å². The van der Waals surface area contributed by atoms with E-state index in [9.17, 15) is 0 Å². The minimum absolute atomic E-state index is 0.683. The lowest BCUT2D eigenvalue weighted by Crippen LogP contribution is -2.16. The standard InChI is InChI=1S/C10H13Br.C5H11N/c1-3-8(2)9-4-6-10(11)7-5-9;1-5-3-2-4-6-5/h4-8H,3H2,1-2H3;5-6H,2-4H2,1H3. The number of halogens is 1. The van der Waals surface area contributed by atoms with Crippen LogP contribution < -0.4 is 5.32 Å². The zero-order valence-corrected chi connectivity index (χ0v) is 12.8. The molecule has 1 saturated heterocycles. The second-order valence-electron chi connectivity index (χ2n) is 4.86. The van der Waals surface area contributed by atoms with E-state index in [1.165, 1.54) is 31.4 Å². The Hall–Kier alpha value is -0.340. The quantitative estimate of drug-likeness (QED) is 0.833. The van der Waals surface area contributed by atoms with E-state index in [0.717, 1.165) is 10.5 Å². The van der Waals surface area contributed by atoms with Gasteiger partial charge in [-0.3, -0.25) is 0 Å². The van der Waals surface area contributed by atoms with Gasteiger partial charge in [-0.05, 0) is 56.3 Å². The molecule has 1 heterocycles. The lowest BCUT2D eigenvalue weighted by Gasteiger charge is -2.07. The van der Waals surface area contributed by atoms with Crippen LogP contribution in [0.15, 0.2) is 28.7 Å². The van der Waals surface area contributed by atoms with E-state index in [-0.39, 0.29) is 0 Å². The molecule has 0 saturated carbocycles. The number of benzene rings is 1. The fourth-order valence-electron chi connectivity index (χ4n) is 1.89. The topological polar surface area (TPSA) is 12.0 Å². The van der Waals surface area contributed by atoms with Crippen LogP contribution >= 0.6 is 15.9 Å². The third-order valence-electron chi connectivity index (χ3n) is 3.36. The van der Waals surface area contributed by atoms with Crippen LogP contribution in [0.1, 0.15) is 51.5 Å². The number of rotatable bonds is 2. The summed E-state index contributed by atoms with van der Waals surface area (Å²) in [7, 11) is 0. The summed E-state index contributed by atoms with van der Waals surface area (Å²) in [5.74, 6) is 0.683. The third-order valence-corrected chi connectivity index (χ3v) is 3.89. The summed E-state index contributed by atoms with van der Waals surface area (Å²) in [5, 5.41) is 3.32. The minimum atomic E-state index is 0.683. The van der Waals surface area contributed by atoms with Crippen LogP contribution in [0, 0.1) is 0 Å². The normalized spacial score (nSPS) is 20.6. The Kier molecular flexibility index (Phi) is 6.83. The van der Waals surface area contributed by atoms with E-state index in [4.69, 9.17) is 0 Å². The molecule has 0 aromatic heterocycles. The SMILES string of the molecule is CC1CCCN1.CCC(C)c1ccc(Br)cc1. The summed E-state index contributed by atoms with van der Waals surface area (Å²) < 4.78 is 1.16. The van der Waals surface area contributed by atoms with Crippen molar-refractivity contribution in [2.45, 2.75) is 52.0 Å². The Morgan fingerprint density at radius 1 is 1.35 bits per heavy atom. The van der Waals surface area contributed by atoms with E-state index in [1.54, 1.807) is 0 Å². The van der Waals surface area contributed by atoms with Gasteiger partial charge >= 0.3 is 0 Å². The molecule has 1 aromatic carbocycles. The van der Waals surface area contributed by atoms with E-state index in [2.05, 4.69) is 66.3 Å². The first-order valence-electron chi connectivity index (χ1n) is 6.62. The molecule has 0 aliphatic carbocycles. The van der Waals surface area contributed by atoms with Gasteiger partial charge in [0.25, 0.3) is 0 Å². The summed E-state index contributed by atoms with van der Waals surface area (Å²) in [6.07, 6.45) is 3.96. The molecular formula is C15H24BrN. The molecule has 2 rings (SSSR count). The van der Waals surface area contributed by atoms with Gasteiger partial charge in [0.2, 0.25) is 0 Å². The van der Waals surface area contributed by atoms with Gasteiger partial charge in [-0.1, -0.05) is 41.9 Å². The highest BCUT2D eigenvalue weighted by molar-refractivity contribution is 9.10. The largest absolute Gasteiger partial charge is 0.314 e. The molecule has 2 heteroatoms. The smallest absolute Gasteiger partial charge is 0.0175 e. The molecule has 1 aromatic rings. The summed E-state index contributed by atoms with van der Waals surface area (Å²) in [6.45, 7) is 7.93. The molecule has 1 aliphatic rings. The second-order valence-corrected chi connectivity index (χ2v) is 5.77. The highest BCUT2D eigenvalue weighted by Crippen LogP contribution is 2.20. The van der Waals surface area contributed by atoms with Crippen LogP contribution in [-0.4, -0.2) is 12.6 Å². The molecule has 0 radical (unpaired) electrons. The Morgan fingerprint density at radius 3 is 2.35 bits per heavy atom. The van der Waals surface area contributed by atoms with Crippen LogP contribution in [0.25, 0.3) is 0 Å². The zero-order chi connectivity index (χ0) is 12.7. The first-order chi connectivity index (χ1) is 8.13. The van der Waals surface area contributed by atoms with Crippen molar-refractivity contribution < 1.29 is 0 Å². The van der Waals surface area contributed by atoms with Crippen LogP contribution in [0.2, 0.25) is 0 Å². The molecular weight excluding hydrogens is 274 g/mol. The number of hydrogen-bond donors (Lipinski definition) is 1. The van der Waals surface area contributed by atoms with E-state index in [1.807, 2.05) is 0 Å². The minimum Gasteiger partial charge on any atom is -0.314 e. The first-order valence-corrected chi connectivity index (χ1v) is 7.41. The Balaban J connectivity index is 0.000000202. The average molecular weight is 298 g/mol. The molecule has 1 aliphatic heterocycles. The van der Waals surface area contributed by atoms with Crippen LogP contribution in [0.3, 0.4) is 0 Å². The maximum Gasteiger partial charge on any atom is 0.0175 e. The van der Waals surface area contributed by atoms with Crippen molar-refractivity contribution in [1.82, 2.24) is 5.32 Å². The fraction of sp³-hybridized carbons (Fsp3) is 0.600. The molecule has 0 spiro atoms. The van der Waals surface area contributed by atoms with Crippen molar-refractivity contribution in [1.29, 1.82) is 0 Å². The summed E-state index contributed by atoms with van der Waals surface area (Å²) in [5.41, 5.74) is 1.43. The zero-order valence-electron chi connectivity index (χ0n) is 11.2. The lowest BCUT2D eigenvalue weighted by molar-refractivity contribution is 0.664. The Morgan fingerprint density at radius 2 is 2.00 bits per heavy atom. The van der Waals surface area contributed by atoms with Crippen LogP contribution in [-0.2, 0) is 0 Å². The van der Waals surface area contributed by atoms with Crippen LogP contribution in [0.5, 0.6) is 0 Å². The van der Waals surface area contributed by atoms with Gasteiger partial charge in [-0.2, -0.15) is 0 Å². The molecule has 2 unspecified atom stereocenters. The molecule has 96 valence electrons. The predicted octanol–water partition coefficient (Wildman–Crippen LogP) is 4.72. The molecule has 1 nitrogen and oxygen atoms in total. The highest BCUT2D eigenvalue weighted by atomic mass is 79.9. The van der Waals surface area contributed by atoms with Crippen molar-refractivity contribution in [2.75, 3.05) is 6.54 Å². The van der Waals surface area contributed by atoms with Gasteiger partial charge in [0, 0.05) is 10.5 Å². The van der Waals surface area contributed by atoms with Gasteiger partial charge < -0.3 is 5.32 Å². The van der Waals surface area contributed by atoms with Gasteiger partial charge in [-0.15, -0.1) is 0 Å².